The van der Waals surface area contributed by atoms with Gasteiger partial charge in [-0.2, -0.15) is 0 Å². The van der Waals surface area contributed by atoms with Crippen LogP contribution in [0.15, 0.2) is 96.6 Å². The summed E-state index contributed by atoms with van der Waals surface area (Å²) in [4.78, 5) is 62.0. The first-order valence-electron chi connectivity index (χ1n) is 30.5. The molecule has 6 rings (SSSR count). The van der Waals surface area contributed by atoms with Crippen molar-refractivity contribution in [2.24, 2.45) is 29.6 Å². The van der Waals surface area contributed by atoms with Crippen LogP contribution in [0, 0.1) is 29.6 Å². The minimum atomic E-state index is -2.93. The molecule has 1 aliphatic carbocycles. The van der Waals surface area contributed by atoms with Gasteiger partial charge in [0.2, 0.25) is 5.79 Å². The van der Waals surface area contributed by atoms with Crippen molar-refractivity contribution in [1.29, 1.82) is 0 Å². The Morgan fingerprint density at radius 2 is 1.40 bits per heavy atom. The van der Waals surface area contributed by atoms with Crippen LogP contribution in [0.5, 0.6) is 0 Å². The number of carbonyl (C=O) groups excluding carboxylic acids is 4. The van der Waals surface area contributed by atoms with Gasteiger partial charge in [0.15, 0.2) is 8.32 Å². The number of cyclic esters (lactones) is 1. The Hall–Kier alpha value is -3.91. The summed E-state index contributed by atoms with van der Waals surface area (Å²) in [6.45, 7) is 27.0. The summed E-state index contributed by atoms with van der Waals surface area (Å²) in [5.74, 6) is -6.36. The molecule has 81 heavy (non-hydrogen) atoms. The molecular weight excluding hydrogens is 1050 g/mol. The van der Waals surface area contributed by atoms with Crippen molar-refractivity contribution < 1.29 is 56.8 Å². The maximum absolute atomic E-state index is 15.7. The lowest BCUT2D eigenvalue weighted by molar-refractivity contribution is -0.295. The number of fused-ring (bicyclic) bond motifs is 3. The highest BCUT2D eigenvalue weighted by atomic mass is 28.4. The van der Waals surface area contributed by atoms with E-state index < -0.39 is 94.4 Å². The van der Waals surface area contributed by atoms with E-state index in [0.717, 1.165) is 12.0 Å². The molecule has 3 aliphatic heterocycles. The van der Waals surface area contributed by atoms with Gasteiger partial charge in [-0.3, -0.25) is 14.4 Å². The van der Waals surface area contributed by atoms with Gasteiger partial charge >= 0.3 is 5.97 Å². The third-order valence-electron chi connectivity index (χ3n) is 18.9. The van der Waals surface area contributed by atoms with Crippen LogP contribution in [0.25, 0.3) is 0 Å². The summed E-state index contributed by atoms with van der Waals surface area (Å²) in [5, 5.41) is 14.4. The number of piperidine rings is 1. The van der Waals surface area contributed by atoms with Gasteiger partial charge in [-0.15, -0.1) is 6.58 Å². The van der Waals surface area contributed by atoms with Gasteiger partial charge in [-0.1, -0.05) is 147 Å². The third-order valence-corrected chi connectivity index (χ3v) is 28.5. The molecular formula is C66H101NO12Si2. The van der Waals surface area contributed by atoms with E-state index in [-0.39, 0.29) is 54.3 Å². The number of esters is 1. The summed E-state index contributed by atoms with van der Waals surface area (Å²) >= 11 is 0. The highest BCUT2D eigenvalue weighted by molar-refractivity contribution is 6.99. The molecule has 4 aliphatic rings. The molecule has 1 saturated carbocycles. The summed E-state index contributed by atoms with van der Waals surface area (Å²) < 4.78 is 47.5. The van der Waals surface area contributed by atoms with Crippen molar-refractivity contribution in [3.63, 3.8) is 0 Å². The Balaban J connectivity index is 1.41. The summed E-state index contributed by atoms with van der Waals surface area (Å²) in [6.07, 6.45) is 6.65. The number of benzene rings is 2. The summed E-state index contributed by atoms with van der Waals surface area (Å²) in [5.41, 5.74) is 1.71. The first-order chi connectivity index (χ1) is 38.5. The van der Waals surface area contributed by atoms with E-state index >= 15 is 14.4 Å². The molecule has 1 N–H and O–H groups in total. The number of methoxy groups -OCH3 is 3. The zero-order valence-electron chi connectivity index (χ0n) is 51.7. The number of hydrogen-bond acceptors (Lipinski definition) is 12. The molecule has 0 radical (unpaired) electrons. The number of amides is 1. The van der Waals surface area contributed by atoms with Crippen molar-refractivity contribution in [2.45, 2.75) is 225 Å². The Kier molecular flexibility index (Phi) is 23.9. The van der Waals surface area contributed by atoms with Gasteiger partial charge in [0.25, 0.3) is 20.0 Å². The molecule has 0 aromatic heterocycles. The van der Waals surface area contributed by atoms with Crippen LogP contribution >= 0.6 is 0 Å². The number of ether oxygens (including phenoxy) is 5. The molecule has 2 bridgehead atoms. The number of Topliss-reactive ketones (excluding diaryl/α,β-unsaturated/α-hetero) is 2. The van der Waals surface area contributed by atoms with Gasteiger partial charge in [-0.25, -0.2) is 4.79 Å². The molecule has 13 nitrogen and oxygen atoms in total. The fourth-order valence-corrected chi connectivity index (χ4v) is 21.6. The van der Waals surface area contributed by atoms with Crippen molar-refractivity contribution in [3.05, 3.63) is 96.6 Å². The number of ketones is 2. The smallest absolute Gasteiger partial charge is 0.329 e. The maximum Gasteiger partial charge on any atom is 0.329 e. The summed E-state index contributed by atoms with van der Waals surface area (Å²) in [7, 11) is -0.635. The molecule has 3 heterocycles. The first-order valence-corrected chi connectivity index (χ1v) is 34.9. The molecule has 2 aromatic rings. The van der Waals surface area contributed by atoms with Crippen LogP contribution in [-0.2, 0) is 51.7 Å². The molecule has 2 aromatic carbocycles. The predicted molar refractivity (Wildman–Crippen MR) is 325 cm³/mol. The third kappa shape index (κ3) is 15.0. The SMILES string of the molecule is C=CC[C@@H]1/C=C(\C)C[C@H](C)C[C@H](OC)[C@H]2OC(O[Si](CC)(CC)CC)(C(=O)C(=O)N3CCCC[C@H]3C(=O)O[C@H](/C(C)=C/[C@@H]3CC[C@@H](O[Si](c4ccccc4)(c4ccccc4)C(C)(C)C)[C@H](OC)C3)[C@H](C)[C@@H](O)CC1=O)[C@H](C)C[C@@H]2OC. The second kappa shape index (κ2) is 29.3. The Morgan fingerprint density at radius 3 is 1.95 bits per heavy atom. The van der Waals surface area contributed by atoms with Crippen LogP contribution < -0.4 is 10.4 Å². The number of hydrogen-bond donors (Lipinski definition) is 1. The highest BCUT2D eigenvalue weighted by Crippen LogP contribution is 2.45. The van der Waals surface area contributed by atoms with Crippen molar-refractivity contribution in [2.75, 3.05) is 27.9 Å². The van der Waals surface area contributed by atoms with Gasteiger partial charge in [-0.05, 0) is 129 Å². The molecule has 3 fully saturated rings. The van der Waals surface area contributed by atoms with E-state index in [1.54, 1.807) is 27.4 Å². The quantitative estimate of drug-likeness (QED) is 0.0736. The van der Waals surface area contributed by atoms with Crippen molar-refractivity contribution in [1.82, 2.24) is 4.90 Å². The number of aliphatic hydroxyl groups is 1. The van der Waals surface area contributed by atoms with E-state index in [1.807, 2.05) is 45.9 Å². The van der Waals surface area contributed by atoms with Crippen molar-refractivity contribution >= 4 is 50.5 Å². The Bertz CT molecular complexity index is 2410. The minimum Gasteiger partial charge on any atom is -0.456 e. The van der Waals surface area contributed by atoms with E-state index in [2.05, 4.69) is 110 Å². The standard InChI is InChI=1S/C66H101NO12Si2/c1-16-28-50-38-44(5)37-45(6)39-58(74-14)61-59(75-15)41-47(8)66(77-61,79-80(17-2,18-3)19-4)62(70)63(71)67-36-27-26-33-53(67)64(72)76-60(48(9)54(68)43-55(50)69)46(7)40-49-34-35-56(57(42-49)73-13)78-81(65(10,11)12,51-29-22-20-23-30-51)52-31-24-21-25-32-52/h16,20-25,29-32,38,40,45,47-50,53-54,56-61,68H,1,17-19,26-28,33-37,39,41-43H2,2-15H3/b44-38+,46-40+/t45-,47+,48+,49-,50+,53-,54-,56+,57+,58-,59-,60+,61+,66?/m0/s1. The first kappa shape index (κ1) is 66.2. The van der Waals surface area contributed by atoms with E-state index in [9.17, 15) is 9.90 Å². The van der Waals surface area contributed by atoms with Crippen LogP contribution in [-0.4, -0.2) is 133 Å². The fourth-order valence-electron chi connectivity index (χ4n) is 13.9. The van der Waals surface area contributed by atoms with E-state index in [0.29, 0.717) is 75.1 Å². The second-order valence-corrected chi connectivity index (χ2v) is 34.3. The second-order valence-electron chi connectivity index (χ2n) is 25.3. The molecule has 2 saturated heterocycles. The van der Waals surface area contributed by atoms with Crippen LogP contribution in [0.3, 0.4) is 0 Å². The lowest BCUT2D eigenvalue weighted by Gasteiger charge is -2.52. The van der Waals surface area contributed by atoms with Gasteiger partial charge in [0.1, 0.15) is 24.0 Å². The van der Waals surface area contributed by atoms with Crippen LogP contribution in [0.4, 0.5) is 0 Å². The average Bonchev–Trinajstić information content (AvgIpc) is 3.46. The minimum absolute atomic E-state index is 0.0143. The highest BCUT2D eigenvalue weighted by Gasteiger charge is 2.61. The topological polar surface area (TPSA) is 156 Å². The normalized spacial score (nSPS) is 32.9. The number of aliphatic hydroxyl groups excluding tert-OH is 1. The van der Waals surface area contributed by atoms with Gasteiger partial charge < -0.3 is 42.5 Å². The zero-order chi connectivity index (χ0) is 59.5. The zero-order valence-corrected chi connectivity index (χ0v) is 53.7. The number of carbonyl (C=O) groups is 4. The lowest BCUT2D eigenvalue weighted by atomic mass is 9.81. The van der Waals surface area contributed by atoms with Crippen LogP contribution in [0.2, 0.25) is 23.2 Å². The molecule has 14 atom stereocenters. The summed E-state index contributed by atoms with van der Waals surface area (Å²) in [6, 6.07) is 22.2. The van der Waals surface area contributed by atoms with Crippen molar-refractivity contribution in [3.8, 4) is 0 Å². The fraction of sp³-hybridized carbons (Fsp3) is 0.667. The van der Waals surface area contributed by atoms with E-state index in [1.165, 1.54) is 15.3 Å². The maximum atomic E-state index is 15.7. The predicted octanol–water partition coefficient (Wildman–Crippen LogP) is 11.3. The van der Waals surface area contributed by atoms with E-state index in [4.69, 9.17) is 32.5 Å². The van der Waals surface area contributed by atoms with Gasteiger partial charge in [0.05, 0.1) is 30.5 Å². The average molecular weight is 1160 g/mol. The Morgan fingerprint density at radius 1 is 0.802 bits per heavy atom. The van der Waals surface area contributed by atoms with Crippen LogP contribution in [0.1, 0.15) is 147 Å². The monoisotopic (exact) mass is 1160 g/mol. The molecule has 0 spiro atoms. The lowest BCUT2D eigenvalue weighted by Crippen LogP contribution is -2.68. The molecule has 15 heteroatoms. The largest absolute Gasteiger partial charge is 0.456 e. The number of allylic oxidation sites excluding steroid dienone is 4. The molecule has 1 amide bonds. The number of rotatable bonds is 16. The number of nitrogens with zero attached hydrogens (tertiary/aromatic N) is 1. The van der Waals surface area contributed by atoms with Gasteiger partial charge in [0, 0.05) is 52.0 Å². The Labute approximate surface area is 488 Å². The molecule has 1 unspecified atom stereocenters. The molecule has 450 valence electrons.